The number of aromatic nitrogens is 1. The highest BCUT2D eigenvalue weighted by Crippen LogP contribution is 2.22. The topological polar surface area (TPSA) is 82.7 Å². The Morgan fingerprint density at radius 1 is 1.30 bits per heavy atom. The Morgan fingerprint density at radius 3 is 2.70 bits per heavy atom. The molecule has 1 aromatic rings. The van der Waals surface area contributed by atoms with E-state index in [4.69, 9.17) is 5.73 Å². The number of carbonyl (C=O) groups excluding carboxylic acids is 1. The zero-order valence-corrected chi connectivity index (χ0v) is 11.4. The van der Waals surface area contributed by atoms with E-state index in [0.29, 0.717) is 24.5 Å². The van der Waals surface area contributed by atoms with E-state index in [1.165, 1.54) is 19.0 Å². The molecule has 20 heavy (non-hydrogen) atoms. The van der Waals surface area contributed by atoms with Gasteiger partial charge in [-0.25, -0.2) is 4.98 Å². The number of nitrogens with two attached hydrogens (primary N) is 1. The molecular weight excluding hydrogens is 256 g/mol. The first-order chi connectivity index (χ1) is 9.65. The van der Waals surface area contributed by atoms with Crippen molar-refractivity contribution in [3.05, 3.63) is 23.9 Å². The van der Waals surface area contributed by atoms with Gasteiger partial charge in [0.25, 0.3) is 5.91 Å². The number of hydrogen-bond acceptors (Lipinski definition) is 5. The lowest BCUT2D eigenvalue weighted by molar-refractivity contribution is 0.0763. The summed E-state index contributed by atoms with van der Waals surface area (Å²) in [4.78, 5) is 20.3. The summed E-state index contributed by atoms with van der Waals surface area (Å²) >= 11 is 0. The van der Waals surface area contributed by atoms with Crippen LogP contribution in [0.15, 0.2) is 18.3 Å². The molecule has 3 rings (SSSR count). The van der Waals surface area contributed by atoms with Gasteiger partial charge in [0, 0.05) is 19.3 Å². The Bertz CT molecular complexity index is 484. The number of aliphatic hydroxyl groups is 1. The number of likely N-dealkylation sites (tertiary alicyclic amines) is 2. The number of aliphatic hydroxyl groups excluding tert-OH is 1. The van der Waals surface area contributed by atoms with Gasteiger partial charge in [-0.3, -0.25) is 9.69 Å². The molecule has 2 atom stereocenters. The lowest BCUT2D eigenvalue weighted by Crippen LogP contribution is -2.41. The molecule has 0 bridgehead atoms. The van der Waals surface area contributed by atoms with Crippen LogP contribution in [0.3, 0.4) is 0 Å². The van der Waals surface area contributed by atoms with E-state index >= 15 is 0 Å². The fourth-order valence-corrected chi connectivity index (χ4v) is 3.08. The Balaban J connectivity index is 1.69. The summed E-state index contributed by atoms with van der Waals surface area (Å²) in [5.41, 5.74) is 6.05. The van der Waals surface area contributed by atoms with Crippen LogP contribution in [0.4, 0.5) is 5.82 Å². The van der Waals surface area contributed by atoms with Gasteiger partial charge in [-0.1, -0.05) is 0 Å². The van der Waals surface area contributed by atoms with Gasteiger partial charge in [0.15, 0.2) is 0 Å². The van der Waals surface area contributed by atoms with E-state index in [2.05, 4.69) is 9.88 Å². The number of nitrogen functional groups attached to an aromatic ring is 1. The van der Waals surface area contributed by atoms with Crippen molar-refractivity contribution in [1.29, 1.82) is 0 Å². The lowest BCUT2D eigenvalue weighted by atomic mass is 10.2. The summed E-state index contributed by atoms with van der Waals surface area (Å²) < 4.78 is 0. The number of amides is 1. The summed E-state index contributed by atoms with van der Waals surface area (Å²) in [7, 11) is 0. The van der Waals surface area contributed by atoms with Crippen LogP contribution < -0.4 is 5.73 Å². The molecule has 0 aromatic carbocycles. The van der Waals surface area contributed by atoms with Crippen LogP contribution in [0.25, 0.3) is 0 Å². The van der Waals surface area contributed by atoms with Gasteiger partial charge in [-0.2, -0.15) is 0 Å². The normalized spacial score (nSPS) is 27.1. The molecule has 1 aromatic heterocycles. The highest BCUT2D eigenvalue weighted by Gasteiger charge is 2.38. The quantitative estimate of drug-likeness (QED) is 0.791. The average Bonchev–Trinajstić information content (AvgIpc) is 3.07. The van der Waals surface area contributed by atoms with Crippen LogP contribution in [-0.2, 0) is 0 Å². The molecule has 2 saturated heterocycles. The van der Waals surface area contributed by atoms with Gasteiger partial charge in [-0.05, 0) is 38.1 Å². The summed E-state index contributed by atoms with van der Waals surface area (Å²) in [6.45, 7) is 3.02. The minimum Gasteiger partial charge on any atom is -0.390 e. The molecule has 0 radical (unpaired) electrons. The molecule has 2 fully saturated rings. The van der Waals surface area contributed by atoms with Crippen molar-refractivity contribution in [3.63, 3.8) is 0 Å². The van der Waals surface area contributed by atoms with Crippen LogP contribution in [0.1, 0.15) is 23.2 Å². The second-order valence-electron chi connectivity index (χ2n) is 5.56. The summed E-state index contributed by atoms with van der Waals surface area (Å²) in [6, 6.07) is 3.38. The maximum Gasteiger partial charge on any atom is 0.255 e. The van der Waals surface area contributed by atoms with Crippen LogP contribution in [-0.4, -0.2) is 64.1 Å². The third-order valence-corrected chi connectivity index (χ3v) is 4.19. The van der Waals surface area contributed by atoms with E-state index < -0.39 is 6.10 Å². The number of pyridine rings is 1. The monoisotopic (exact) mass is 276 g/mol. The van der Waals surface area contributed by atoms with E-state index in [9.17, 15) is 9.90 Å². The Morgan fingerprint density at radius 2 is 2.05 bits per heavy atom. The van der Waals surface area contributed by atoms with E-state index in [-0.39, 0.29) is 11.9 Å². The molecule has 108 valence electrons. The molecule has 3 heterocycles. The van der Waals surface area contributed by atoms with Crippen molar-refractivity contribution in [1.82, 2.24) is 14.8 Å². The lowest BCUT2D eigenvalue weighted by Gasteiger charge is -2.25. The van der Waals surface area contributed by atoms with Gasteiger partial charge < -0.3 is 15.7 Å². The highest BCUT2D eigenvalue weighted by atomic mass is 16.3. The first-order valence-electron chi connectivity index (χ1n) is 7.08. The van der Waals surface area contributed by atoms with Crippen molar-refractivity contribution >= 4 is 11.7 Å². The summed E-state index contributed by atoms with van der Waals surface area (Å²) in [5, 5.41) is 10.2. The maximum atomic E-state index is 12.4. The molecule has 3 N–H and O–H groups in total. The zero-order chi connectivity index (χ0) is 14.1. The molecule has 1 amide bonds. The van der Waals surface area contributed by atoms with Crippen molar-refractivity contribution in [2.24, 2.45) is 0 Å². The van der Waals surface area contributed by atoms with E-state index in [1.54, 1.807) is 17.0 Å². The van der Waals surface area contributed by atoms with Crippen LogP contribution in [0.5, 0.6) is 0 Å². The number of anilines is 1. The number of carbonyl (C=O) groups is 1. The fourth-order valence-electron chi connectivity index (χ4n) is 3.08. The molecule has 6 heteroatoms. The largest absolute Gasteiger partial charge is 0.390 e. The van der Waals surface area contributed by atoms with E-state index in [1.807, 2.05) is 0 Å². The Kier molecular flexibility index (Phi) is 3.58. The molecular formula is C14H20N4O2. The number of hydrogen-bond donors (Lipinski definition) is 2. The molecule has 2 aliphatic rings. The summed E-state index contributed by atoms with van der Waals surface area (Å²) in [5.74, 6) is 0.316. The zero-order valence-electron chi connectivity index (χ0n) is 11.4. The van der Waals surface area contributed by atoms with Crippen LogP contribution >= 0.6 is 0 Å². The van der Waals surface area contributed by atoms with E-state index in [0.717, 1.165) is 13.1 Å². The molecule has 0 aliphatic carbocycles. The van der Waals surface area contributed by atoms with Gasteiger partial charge >= 0.3 is 0 Å². The maximum absolute atomic E-state index is 12.4. The number of β-amino-alcohol motifs (C(OH)–C–C–N with tert-alkyl or cyclic N) is 1. The van der Waals surface area contributed by atoms with Gasteiger partial charge in [0.1, 0.15) is 5.82 Å². The number of nitrogens with zero attached hydrogens (tertiary/aromatic N) is 3. The predicted octanol–water partition coefficient (Wildman–Crippen LogP) is -0.0551. The standard InChI is InChI=1S/C14H20N4O2/c15-13-4-3-10(7-16-13)14(20)18-8-11(12(19)9-18)17-5-1-2-6-17/h3-4,7,11-12,19H,1-2,5-6,8-9H2,(H2,15,16)/t11-,12-/m0/s1. The SMILES string of the molecule is Nc1ccc(C(=O)N2C[C@H](O)[C@@H](N3CCCC3)C2)cn1. The first kappa shape index (κ1) is 13.3. The molecule has 0 unspecified atom stereocenters. The van der Waals surface area contributed by atoms with Gasteiger partial charge in [-0.15, -0.1) is 0 Å². The molecule has 2 aliphatic heterocycles. The van der Waals surface area contributed by atoms with Gasteiger partial charge in [0.05, 0.1) is 17.7 Å². The van der Waals surface area contributed by atoms with Crippen molar-refractivity contribution in [3.8, 4) is 0 Å². The third kappa shape index (κ3) is 2.48. The second-order valence-corrected chi connectivity index (χ2v) is 5.56. The smallest absolute Gasteiger partial charge is 0.255 e. The molecule has 6 nitrogen and oxygen atoms in total. The minimum absolute atomic E-state index is 0.0724. The Labute approximate surface area is 118 Å². The second kappa shape index (κ2) is 5.38. The highest BCUT2D eigenvalue weighted by molar-refractivity contribution is 5.94. The summed E-state index contributed by atoms with van der Waals surface area (Å²) in [6.07, 6.45) is 3.39. The van der Waals surface area contributed by atoms with Crippen molar-refractivity contribution < 1.29 is 9.90 Å². The Hall–Kier alpha value is -1.66. The fraction of sp³-hybridized carbons (Fsp3) is 0.571. The number of rotatable bonds is 2. The van der Waals surface area contributed by atoms with Crippen molar-refractivity contribution in [2.45, 2.75) is 25.0 Å². The third-order valence-electron chi connectivity index (χ3n) is 4.19. The predicted molar refractivity (Wildman–Crippen MR) is 75.2 cm³/mol. The molecule has 0 spiro atoms. The average molecular weight is 276 g/mol. The van der Waals surface area contributed by atoms with Crippen LogP contribution in [0, 0.1) is 0 Å². The van der Waals surface area contributed by atoms with Crippen molar-refractivity contribution in [2.75, 3.05) is 31.9 Å². The molecule has 0 saturated carbocycles. The van der Waals surface area contributed by atoms with Gasteiger partial charge in [0.2, 0.25) is 0 Å². The first-order valence-corrected chi connectivity index (χ1v) is 7.08. The minimum atomic E-state index is -0.459. The van der Waals surface area contributed by atoms with Crippen LogP contribution in [0.2, 0.25) is 0 Å².